The Kier molecular flexibility index (Phi) is 3.05. The van der Waals surface area contributed by atoms with Gasteiger partial charge in [-0.25, -0.2) is 4.39 Å². The molecule has 1 unspecified atom stereocenters. The predicted molar refractivity (Wildman–Crippen MR) is 86.3 cm³/mol. The first-order valence-corrected chi connectivity index (χ1v) is 8.25. The second-order valence-corrected chi connectivity index (χ2v) is 7.04. The summed E-state index contributed by atoms with van der Waals surface area (Å²) in [6.07, 6.45) is 4.76. The molecule has 1 aromatic carbocycles. The molecule has 1 saturated carbocycles. The Bertz CT molecular complexity index is 865. The molecule has 0 N–H and O–H groups in total. The van der Waals surface area contributed by atoms with Crippen molar-refractivity contribution in [1.82, 2.24) is 0 Å². The van der Waals surface area contributed by atoms with Crippen molar-refractivity contribution in [3.8, 4) is 12.1 Å². The molecule has 4 nitrogen and oxygen atoms in total. The highest BCUT2D eigenvalue weighted by atomic mass is 19.1. The van der Waals surface area contributed by atoms with Crippen LogP contribution >= 0.6 is 0 Å². The van der Waals surface area contributed by atoms with E-state index in [0.717, 1.165) is 43.4 Å². The van der Waals surface area contributed by atoms with Crippen molar-refractivity contribution < 1.29 is 9.18 Å². The molecule has 1 spiro atoms. The molecule has 2 aliphatic heterocycles. The minimum atomic E-state index is -0.430. The zero-order valence-corrected chi connectivity index (χ0v) is 13.4. The van der Waals surface area contributed by atoms with Crippen LogP contribution in [0.4, 0.5) is 10.1 Å². The van der Waals surface area contributed by atoms with E-state index in [-0.39, 0.29) is 28.5 Å². The van der Waals surface area contributed by atoms with Crippen LogP contribution in [0.5, 0.6) is 0 Å². The lowest BCUT2D eigenvalue weighted by Crippen LogP contribution is -2.52. The van der Waals surface area contributed by atoms with Crippen molar-refractivity contribution in [1.29, 1.82) is 10.5 Å². The number of carbonyl (C=O) groups is 1. The van der Waals surface area contributed by atoms with Gasteiger partial charge in [0, 0.05) is 11.1 Å². The highest BCUT2D eigenvalue weighted by Crippen LogP contribution is 2.56. The number of rotatable bonds is 0. The second-order valence-electron chi connectivity index (χ2n) is 7.04. The van der Waals surface area contributed by atoms with Gasteiger partial charge in [-0.3, -0.25) is 4.79 Å². The first kappa shape index (κ1) is 14.9. The van der Waals surface area contributed by atoms with Crippen LogP contribution in [0.15, 0.2) is 17.7 Å². The van der Waals surface area contributed by atoms with Gasteiger partial charge in [0.2, 0.25) is 0 Å². The average Bonchev–Trinajstić information content (AvgIpc) is 3.11. The van der Waals surface area contributed by atoms with Gasteiger partial charge in [0.05, 0.1) is 11.3 Å². The van der Waals surface area contributed by atoms with Crippen molar-refractivity contribution in [3.63, 3.8) is 0 Å². The van der Waals surface area contributed by atoms with Crippen molar-refractivity contribution in [2.24, 2.45) is 0 Å². The third-order valence-electron chi connectivity index (χ3n) is 5.71. The van der Waals surface area contributed by atoms with Gasteiger partial charge in [0.25, 0.3) is 5.91 Å². The highest BCUT2D eigenvalue weighted by molar-refractivity contribution is 6.35. The lowest BCUT2D eigenvalue weighted by molar-refractivity contribution is -0.114. The van der Waals surface area contributed by atoms with Crippen LogP contribution in [-0.4, -0.2) is 11.4 Å². The lowest BCUT2D eigenvalue weighted by atomic mass is 9.77. The summed E-state index contributed by atoms with van der Waals surface area (Å²) in [5, 5.41) is 18.5. The molecule has 0 saturated heterocycles. The number of nitrogens with zero attached hydrogens (tertiary/aromatic N) is 3. The van der Waals surface area contributed by atoms with Gasteiger partial charge >= 0.3 is 0 Å². The van der Waals surface area contributed by atoms with E-state index in [4.69, 9.17) is 0 Å². The molecule has 0 aromatic heterocycles. The van der Waals surface area contributed by atoms with Crippen molar-refractivity contribution in [3.05, 3.63) is 34.6 Å². The number of hydrogen-bond acceptors (Lipinski definition) is 3. The summed E-state index contributed by atoms with van der Waals surface area (Å²) in [5.41, 5.74) is 1.51. The van der Waals surface area contributed by atoms with Crippen molar-refractivity contribution in [2.75, 3.05) is 4.90 Å². The second kappa shape index (κ2) is 4.92. The van der Waals surface area contributed by atoms with E-state index >= 15 is 0 Å². The fraction of sp³-hybridized carbons (Fsp3) is 0.421. The van der Waals surface area contributed by atoms with Crippen LogP contribution < -0.4 is 4.90 Å². The highest BCUT2D eigenvalue weighted by Gasteiger charge is 2.53. The summed E-state index contributed by atoms with van der Waals surface area (Å²) in [5.74, 6) is -0.604. The average molecular weight is 321 g/mol. The lowest BCUT2D eigenvalue weighted by Gasteiger charge is -2.46. The molecule has 1 aromatic rings. The van der Waals surface area contributed by atoms with Gasteiger partial charge in [-0.05, 0) is 42.9 Å². The molecule has 0 radical (unpaired) electrons. The molecule has 1 fully saturated rings. The van der Waals surface area contributed by atoms with Crippen LogP contribution in [-0.2, 0) is 4.79 Å². The fourth-order valence-corrected chi connectivity index (χ4v) is 4.83. The third-order valence-corrected chi connectivity index (χ3v) is 5.71. The number of carbonyl (C=O) groups excluding carboxylic acids is 1. The Hall–Kier alpha value is -2.66. The quantitative estimate of drug-likeness (QED) is 0.539. The molecular weight excluding hydrogens is 305 g/mol. The van der Waals surface area contributed by atoms with Crippen LogP contribution in [0.3, 0.4) is 0 Å². The van der Waals surface area contributed by atoms with Crippen LogP contribution in [0.2, 0.25) is 0 Å². The summed E-state index contributed by atoms with van der Waals surface area (Å²) in [4.78, 5) is 14.9. The molecule has 2 heterocycles. The molecule has 24 heavy (non-hydrogen) atoms. The summed E-state index contributed by atoms with van der Waals surface area (Å²) in [7, 11) is 0. The van der Waals surface area contributed by atoms with E-state index in [1.807, 2.05) is 12.1 Å². The molecule has 5 heteroatoms. The standard InChI is InChI=1S/C19H16FN3O/c1-11-8-19(4-2-3-5-19)23-17-14(11)6-13(20)7-15(17)16(18(23)24)12(9-21)10-22/h6-7,11H,2-5,8H2,1H3. The predicted octanol–water partition coefficient (Wildman–Crippen LogP) is 3.79. The van der Waals surface area contributed by atoms with Crippen LogP contribution in [0, 0.1) is 28.5 Å². The van der Waals surface area contributed by atoms with Gasteiger partial charge in [-0.1, -0.05) is 19.8 Å². The van der Waals surface area contributed by atoms with Gasteiger partial charge in [-0.2, -0.15) is 10.5 Å². The number of allylic oxidation sites excluding steroid dienone is 1. The van der Waals surface area contributed by atoms with Crippen LogP contribution in [0.1, 0.15) is 56.1 Å². The number of fused-ring (bicyclic) bond motifs is 1. The minimum absolute atomic E-state index is 0.0659. The largest absolute Gasteiger partial charge is 0.301 e. The Morgan fingerprint density at radius 1 is 1.29 bits per heavy atom. The molecule has 1 aliphatic carbocycles. The number of anilines is 1. The third kappa shape index (κ3) is 1.73. The fourth-order valence-electron chi connectivity index (χ4n) is 4.83. The molecule has 4 rings (SSSR count). The zero-order valence-electron chi connectivity index (χ0n) is 13.4. The van der Waals surface area contributed by atoms with E-state index in [1.54, 1.807) is 4.90 Å². The summed E-state index contributed by atoms with van der Waals surface area (Å²) < 4.78 is 14.2. The summed E-state index contributed by atoms with van der Waals surface area (Å²) >= 11 is 0. The monoisotopic (exact) mass is 321 g/mol. The number of benzene rings is 1. The Balaban J connectivity index is 2.07. The maximum absolute atomic E-state index is 14.2. The Morgan fingerprint density at radius 3 is 2.58 bits per heavy atom. The smallest absolute Gasteiger partial charge is 0.261 e. The molecular formula is C19H16FN3O. The van der Waals surface area contributed by atoms with Gasteiger partial charge < -0.3 is 4.90 Å². The molecule has 1 amide bonds. The number of hydrogen-bond donors (Lipinski definition) is 0. The van der Waals surface area contributed by atoms with E-state index in [9.17, 15) is 19.7 Å². The van der Waals surface area contributed by atoms with Crippen molar-refractivity contribution >= 4 is 17.2 Å². The van der Waals surface area contributed by atoms with E-state index < -0.39 is 5.82 Å². The first-order chi connectivity index (χ1) is 11.5. The van der Waals surface area contributed by atoms with Gasteiger partial charge in [0.15, 0.2) is 0 Å². The van der Waals surface area contributed by atoms with E-state index in [0.29, 0.717) is 5.56 Å². The summed E-state index contributed by atoms with van der Waals surface area (Å²) in [6.45, 7) is 2.06. The first-order valence-electron chi connectivity index (χ1n) is 8.25. The number of amides is 1. The number of halogens is 1. The van der Waals surface area contributed by atoms with E-state index in [1.165, 1.54) is 12.1 Å². The van der Waals surface area contributed by atoms with Crippen LogP contribution in [0.25, 0.3) is 5.57 Å². The zero-order chi connectivity index (χ0) is 17.1. The number of nitriles is 2. The maximum Gasteiger partial charge on any atom is 0.261 e. The van der Waals surface area contributed by atoms with Gasteiger partial charge in [0.1, 0.15) is 23.5 Å². The SMILES string of the molecule is CC1CC2(CCCC2)N2C(=O)C(=C(C#N)C#N)c3cc(F)cc1c32. The molecule has 3 aliphatic rings. The van der Waals surface area contributed by atoms with Gasteiger partial charge in [-0.15, -0.1) is 0 Å². The Morgan fingerprint density at radius 2 is 1.96 bits per heavy atom. The Labute approximate surface area is 139 Å². The normalized spacial score (nSPS) is 23.2. The minimum Gasteiger partial charge on any atom is -0.301 e. The molecule has 1 atom stereocenters. The maximum atomic E-state index is 14.2. The van der Waals surface area contributed by atoms with Crippen molar-refractivity contribution in [2.45, 2.75) is 50.5 Å². The summed E-state index contributed by atoms with van der Waals surface area (Å²) in [6, 6.07) is 6.40. The molecule has 0 bridgehead atoms. The molecule has 120 valence electrons. The topological polar surface area (TPSA) is 67.9 Å². The van der Waals surface area contributed by atoms with E-state index in [2.05, 4.69) is 6.92 Å².